The number of aliphatic hydroxyl groups excluding tert-OH is 2. The molecule has 31 heavy (non-hydrogen) atoms. The molecule has 0 spiro atoms. The van der Waals surface area contributed by atoms with Gasteiger partial charge in [0.2, 0.25) is 0 Å². The number of hydrogen-bond acceptors (Lipinski definition) is 4. The minimum atomic E-state index is -4.49. The van der Waals surface area contributed by atoms with Gasteiger partial charge in [-0.3, -0.25) is 4.98 Å². The molecule has 0 saturated carbocycles. The van der Waals surface area contributed by atoms with Gasteiger partial charge in [0.25, 0.3) is 0 Å². The molecular formula is C20H20F5N3O3. The molecule has 2 heterocycles. The first-order valence-electron chi connectivity index (χ1n) is 9.40. The molecule has 1 aromatic carbocycles. The highest BCUT2D eigenvalue weighted by Crippen LogP contribution is 2.38. The lowest BCUT2D eigenvalue weighted by molar-refractivity contribution is -0.137. The van der Waals surface area contributed by atoms with Crippen LogP contribution in [0.15, 0.2) is 36.5 Å². The van der Waals surface area contributed by atoms with Gasteiger partial charge in [-0.05, 0) is 30.3 Å². The van der Waals surface area contributed by atoms with E-state index in [2.05, 4.69) is 10.3 Å². The maximum Gasteiger partial charge on any atom is 0.416 e. The molecule has 3 N–H and O–H groups in total. The van der Waals surface area contributed by atoms with Crippen LogP contribution in [0, 0.1) is 5.82 Å². The number of hydrogen-bond donors (Lipinski definition) is 3. The second kappa shape index (κ2) is 8.75. The van der Waals surface area contributed by atoms with Crippen molar-refractivity contribution in [3.8, 4) is 0 Å². The van der Waals surface area contributed by atoms with Crippen LogP contribution in [0.25, 0.3) is 0 Å². The molecule has 2 aromatic rings. The van der Waals surface area contributed by atoms with Crippen molar-refractivity contribution < 1.29 is 37.0 Å². The lowest BCUT2D eigenvalue weighted by Crippen LogP contribution is -2.45. The zero-order valence-electron chi connectivity index (χ0n) is 16.2. The highest BCUT2D eigenvalue weighted by Gasteiger charge is 2.41. The van der Waals surface area contributed by atoms with E-state index in [1.807, 2.05) is 0 Å². The second-order valence-electron chi connectivity index (χ2n) is 7.26. The number of nitrogens with one attached hydrogen (secondary N) is 1. The number of carbonyl (C=O) groups is 1. The summed E-state index contributed by atoms with van der Waals surface area (Å²) in [5.74, 6) is -0.963. The van der Waals surface area contributed by atoms with Crippen LogP contribution in [0.4, 0.5) is 32.4 Å². The van der Waals surface area contributed by atoms with E-state index < -0.39 is 47.7 Å². The summed E-state index contributed by atoms with van der Waals surface area (Å²) >= 11 is 0. The molecule has 3 rings (SSSR count). The van der Waals surface area contributed by atoms with E-state index in [4.69, 9.17) is 5.11 Å². The highest BCUT2D eigenvalue weighted by molar-refractivity contribution is 5.89. The summed E-state index contributed by atoms with van der Waals surface area (Å²) in [5, 5.41) is 20.9. The molecule has 0 aliphatic carbocycles. The van der Waals surface area contributed by atoms with Crippen molar-refractivity contribution in [2.45, 2.75) is 30.8 Å². The van der Waals surface area contributed by atoms with Crippen LogP contribution in [-0.2, 0) is 11.8 Å². The van der Waals surface area contributed by atoms with E-state index in [1.54, 1.807) is 0 Å². The smallest absolute Gasteiger partial charge is 0.393 e. The van der Waals surface area contributed by atoms with Crippen LogP contribution in [0.2, 0.25) is 0 Å². The number of pyridine rings is 1. The summed E-state index contributed by atoms with van der Waals surface area (Å²) < 4.78 is 67.5. The number of nitrogens with zero attached hydrogens (tertiary/aromatic N) is 2. The third kappa shape index (κ3) is 5.10. The molecule has 1 atom stereocenters. The van der Waals surface area contributed by atoms with Crippen LogP contribution >= 0.6 is 0 Å². The van der Waals surface area contributed by atoms with E-state index in [-0.39, 0.29) is 37.2 Å². The Hall–Kier alpha value is -2.79. The monoisotopic (exact) mass is 445 g/mol. The summed E-state index contributed by atoms with van der Waals surface area (Å²) in [7, 11) is 0. The van der Waals surface area contributed by atoms with Gasteiger partial charge in [-0.2, -0.15) is 13.2 Å². The molecule has 168 valence electrons. The number of alkyl halides is 4. The minimum absolute atomic E-state index is 0.0145. The molecule has 6 nitrogen and oxygen atoms in total. The Kier molecular flexibility index (Phi) is 6.46. The Morgan fingerprint density at radius 1 is 1.23 bits per heavy atom. The predicted molar refractivity (Wildman–Crippen MR) is 100 cm³/mol. The third-order valence-electron chi connectivity index (χ3n) is 5.15. The predicted octanol–water partition coefficient (Wildman–Crippen LogP) is 3.76. The Bertz CT molecular complexity index is 929. The summed E-state index contributed by atoms with van der Waals surface area (Å²) in [6.45, 7) is -0.763. The Labute approximate surface area is 174 Å². The maximum atomic E-state index is 15.3. The number of urea groups is 1. The molecule has 1 fully saturated rings. The van der Waals surface area contributed by atoms with E-state index >= 15 is 4.39 Å². The fourth-order valence-corrected chi connectivity index (χ4v) is 3.32. The zero-order chi connectivity index (χ0) is 22.8. The van der Waals surface area contributed by atoms with Crippen LogP contribution in [0.3, 0.4) is 0 Å². The van der Waals surface area contributed by atoms with Crippen molar-refractivity contribution in [1.82, 2.24) is 9.88 Å². The van der Waals surface area contributed by atoms with E-state index in [0.29, 0.717) is 0 Å². The van der Waals surface area contributed by atoms with Crippen molar-refractivity contribution in [3.63, 3.8) is 0 Å². The van der Waals surface area contributed by atoms with Gasteiger partial charge < -0.3 is 20.4 Å². The Morgan fingerprint density at radius 3 is 2.35 bits per heavy atom. The third-order valence-corrected chi connectivity index (χ3v) is 5.15. The van der Waals surface area contributed by atoms with Gasteiger partial charge >= 0.3 is 12.2 Å². The molecular weight excluding hydrogens is 425 g/mol. The Balaban J connectivity index is 1.62. The minimum Gasteiger partial charge on any atom is -0.393 e. The molecule has 0 radical (unpaired) electrons. The topological polar surface area (TPSA) is 85.7 Å². The molecule has 1 aromatic heterocycles. The van der Waals surface area contributed by atoms with Gasteiger partial charge in [-0.25, -0.2) is 13.6 Å². The number of benzene rings is 1. The number of aliphatic hydroxyl groups is 2. The quantitative estimate of drug-likeness (QED) is 0.626. The van der Waals surface area contributed by atoms with Crippen molar-refractivity contribution in [1.29, 1.82) is 0 Å². The van der Waals surface area contributed by atoms with Gasteiger partial charge in [0.05, 0.1) is 12.2 Å². The van der Waals surface area contributed by atoms with Crippen LogP contribution in [0.5, 0.6) is 0 Å². The van der Waals surface area contributed by atoms with Gasteiger partial charge in [0.1, 0.15) is 17.6 Å². The molecule has 11 heteroatoms. The molecule has 1 saturated heterocycles. The number of carbonyl (C=O) groups excluding carboxylic acids is 1. The van der Waals surface area contributed by atoms with Crippen molar-refractivity contribution in [3.05, 3.63) is 59.2 Å². The van der Waals surface area contributed by atoms with E-state index in [1.165, 1.54) is 4.90 Å². The van der Waals surface area contributed by atoms with Crippen LogP contribution < -0.4 is 5.32 Å². The lowest BCUT2D eigenvalue weighted by atomic mass is 9.89. The standard InChI is InChI=1S/C20H20F5N3O3/c21-15-9-12(16(30)11-29)10-26-17(15)19(22)5-7-28(8-6-19)18(31)27-14-3-1-13(2-4-14)20(23,24)25/h1-4,9-10,16,29-30H,5-8,11H2,(H,27,31)/t16-/m1/s1. The number of amides is 2. The first-order valence-corrected chi connectivity index (χ1v) is 9.40. The first-order chi connectivity index (χ1) is 14.5. The van der Waals surface area contributed by atoms with Crippen molar-refractivity contribution >= 4 is 11.7 Å². The number of rotatable bonds is 4. The van der Waals surface area contributed by atoms with Crippen molar-refractivity contribution in [2.75, 3.05) is 25.0 Å². The van der Waals surface area contributed by atoms with Crippen molar-refractivity contribution in [2.24, 2.45) is 0 Å². The zero-order valence-corrected chi connectivity index (χ0v) is 16.2. The summed E-state index contributed by atoms with van der Waals surface area (Å²) in [5.41, 5.74) is -3.25. The summed E-state index contributed by atoms with van der Waals surface area (Å²) in [4.78, 5) is 17.4. The summed E-state index contributed by atoms with van der Waals surface area (Å²) in [6, 6.07) is 4.21. The van der Waals surface area contributed by atoms with E-state index in [0.717, 1.165) is 36.5 Å². The molecule has 2 amide bonds. The molecule has 1 aliphatic rings. The average molecular weight is 445 g/mol. The number of anilines is 1. The number of aromatic nitrogens is 1. The van der Waals surface area contributed by atoms with Crippen LogP contribution in [0.1, 0.15) is 35.8 Å². The number of piperidine rings is 1. The molecule has 1 aliphatic heterocycles. The van der Waals surface area contributed by atoms with E-state index in [9.17, 15) is 27.5 Å². The van der Waals surface area contributed by atoms with Gasteiger partial charge in [0.15, 0.2) is 5.67 Å². The molecule has 0 unspecified atom stereocenters. The largest absolute Gasteiger partial charge is 0.416 e. The molecule has 0 bridgehead atoms. The highest BCUT2D eigenvalue weighted by atomic mass is 19.4. The Morgan fingerprint density at radius 2 is 1.84 bits per heavy atom. The second-order valence-corrected chi connectivity index (χ2v) is 7.26. The normalized spacial score (nSPS) is 17.3. The number of halogens is 5. The van der Waals surface area contributed by atoms with Gasteiger partial charge in [0, 0.05) is 43.4 Å². The van der Waals surface area contributed by atoms with Gasteiger partial charge in [-0.15, -0.1) is 0 Å². The first kappa shape index (κ1) is 22.9. The summed E-state index contributed by atoms with van der Waals surface area (Å²) in [6.07, 6.45) is -5.21. The fourth-order valence-electron chi connectivity index (χ4n) is 3.32. The SMILES string of the molecule is O=C(Nc1ccc(C(F)(F)F)cc1)N1CCC(F)(c2ncc([C@H](O)CO)cc2F)CC1. The lowest BCUT2D eigenvalue weighted by Gasteiger charge is -2.36. The van der Waals surface area contributed by atoms with Gasteiger partial charge in [-0.1, -0.05) is 0 Å². The number of likely N-dealkylation sites (tertiary alicyclic amines) is 1. The average Bonchev–Trinajstić information content (AvgIpc) is 2.73. The maximum absolute atomic E-state index is 15.3. The fraction of sp³-hybridized carbons (Fsp3) is 0.400. The van der Waals surface area contributed by atoms with Crippen LogP contribution in [-0.4, -0.2) is 45.8 Å².